The number of halogens is 1. The van der Waals surface area contributed by atoms with Gasteiger partial charge in [-0.25, -0.2) is 4.39 Å². The van der Waals surface area contributed by atoms with Gasteiger partial charge in [0.05, 0.1) is 6.61 Å². The predicted octanol–water partition coefficient (Wildman–Crippen LogP) is 2.93. The second-order valence-electron chi connectivity index (χ2n) is 5.44. The van der Waals surface area contributed by atoms with E-state index < -0.39 is 0 Å². The lowest BCUT2D eigenvalue weighted by atomic mass is 10.0. The number of benzene rings is 1. The first-order chi connectivity index (χ1) is 9.69. The number of rotatable bonds is 3. The Labute approximate surface area is 120 Å². The van der Waals surface area contributed by atoms with Crippen LogP contribution in [-0.2, 0) is 6.54 Å². The fraction of sp³-hybridized carbons (Fsp3) is 0.529. The molecule has 1 unspecified atom stereocenters. The van der Waals surface area contributed by atoms with Crippen LogP contribution in [0.3, 0.4) is 0 Å². The molecule has 0 amide bonds. The number of hydrogen-bond donors (Lipinski definition) is 1. The first-order valence-corrected chi connectivity index (χ1v) is 7.32. The van der Waals surface area contributed by atoms with E-state index in [1.165, 1.54) is 25.3 Å². The van der Waals surface area contributed by atoms with Gasteiger partial charge in [0.1, 0.15) is 5.82 Å². The van der Waals surface area contributed by atoms with E-state index in [1.54, 1.807) is 6.07 Å². The fourth-order valence-corrected chi connectivity index (χ4v) is 2.66. The third kappa shape index (κ3) is 4.33. The standard InChI is InChI=1S/C17H22FNO/c1-14-6-2-4-8-19(14)13-16-10-15(7-3-5-9-20)11-17(18)12-16/h10-12,14,20H,2,4-6,8-9,13H2,1H3. The van der Waals surface area contributed by atoms with E-state index in [0.29, 0.717) is 18.0 Å². The molecule has 1 fully saturated rings. The maximum absolute atomic E-state index is 13.7. The Hall–Kier alpha value is -1.37. The second-order valence-corrected chi connectivity index (χ2v) is 5.44. The van der Waals surface area contributed by atoms with Gasteiger partial charge in [0.15, 0.2) is 0 Å². The number of hydrogen-bond acceptors (Lipinski definition) is 2. The van der Waals surface area contributed by atoms with E-state index in [9.17, 15) is 4.39 Å². The van der Waals surface area contributed by atoms with Gasteiger partial charge in [-0.15, -0.1) is 0 Å². The average Bonchev–Trinajstić information content (AvgIpc) is 2.41. The van der Waals surface area contributed by atoms with E-state index in [2.05, 4.69) is 23.7 Å². The minimum Gasteiger partial charge on any atom is -0.395 e. The molecule has 0 saturated carbocycles. The van der Waals surface area contributed by atoms with Crippen LogP contribution in [-0.4, -0.2) is 29.2 Å². The molecule has 0 aromatic heterocycles. The second kappa shape index (κ2) is 7.42. The molecule has 1 aromatic carbocycles. The fourth-order valence-electron chi connectivity index (χ4n) is 2.66. The smallest absolute Gasteiger partial charge is 0.124 e. The van der Waals surface area contributed by atoms with E-state index in [0.717, 1.165) is 18.7 Å². The van der Waals surface area contributed by atoms with Crippen molar-refractivity contribution in [2.24, 2.45) is 0 Å². The Morgan fingerprint density at radius 3 is 2.95 bits per heavy atom. The number of likely N-dealkylation sites (tertiary alicyclic amines) is 1. The van der Waals surface area contributed by atoms with Crippen LogP contribution in [0.4, 0.5) is 4.39 Å². The van der Waals surface area contributed by atoms with Crippen LogP contribution in [0, 0.1) is 17.7 Å². The molecule has 1 saturated heterocycles. The largest absolute Gasteiger partial charge is 0.395 e. The summed E-state index contributed by atoms with van der Waals surface area (Å²) in [5.74, 6) is 5.51. The van der Waals surface area contributed by atoms with Crippen molar-refractivity contribution in [1.82, 2.24) is 4.90 Å². The van der Waals surface area contributed by atoms with Crippen molar-refractivity contribution in [3.05, 3.63) is 35.1 Å². The third-order valence-corrected chi connectivity index (χ3v) is 3.75. The summed E-state index contributed by atoms with van der Waals surface area (Å²) >= 11 is 0. The normalized spacial score (nSPS) is 19.4. The highest BCUT2D eigenvalue weighted by molar-refractivity contribution is 5.37. The maximum atomic E-state index is 13.7. The van der Waals surface area contributed by atoms with Gasteiger partial charge in [-0.1, -0.05) is 18.3 Å². The highest BCUT2D eigenvalue weighted by Gasteiger charge is 2.18. The minimum atomic E-state index is -0.236. The molecule has 1 heterocycles. The summed E-state index contributed by atoms with van der Waals surface area (Å²) in [6, 6.07) is 5.57. The van der Waals surface area contributed by atoms with Crippen LogP contribution < -0.4 is 0 Å². The summed E-state index contributed by atoms with van der Waals surface area (Å²) in [5.41, 5.74) is 1.67. The molecule has 3 heteroatoms. The van der Waals surface area contributed by atoms with Gasteiger partial charge in [-0.05, 0) is 50.1 Å². The van der Waals surface area contributed by atoms with E-state index in [1.807, 2.05) is 6.07 Å². The molecule has 0 aliphatic carbocycles. The molecule has 2 rings (SSSR count). The SMILES string of the molecule is CC1CCCCN1Cc1cc(F)cc(C#CCCO)c1. The number of aliphatic hydroxyl groups excluding tert-OH is 1. The molecule has 1 atom stereocenters. The van der Waals surface area contributed by atoms with Gasteiger partial charge < -0.3 is 5.11 Å². The van der Waals surface area contributed by atoms with Crippen LogP contribution in [0.15, 0.2) is 18.2 Å². The molecule has 1 aliphatic rings. The van der Waals surface area contributed by atoms with E-state index >= 15 is 0 Å². The third-order valence-electron chi connectivity index (χ3n) is 3.75. The summed E-state index contributed by atoms with van der Waals surface area (Å²) in [7, 11) is 0. The number of aliphatic hydroxyl groups is 1. The summed E-state index contributed by atoms with van der Waals surface area (Å²) in [5, 5.41) is 8.72. The summed E-state index contributed by atoms with van der Waals surface area (Å²) in [6.45, 7) is 4.15. The van der Waals surface area contributed by atoms with Crippen LogP contribution in [0.5, 0.6) is 0 Å². The van der Waals surface area contributed by atoms with Crippen molar-refractivity contribution in [1.29, 1.82) is 0 Å². The lowest BCUT2D eigenvalue weighted by Gasteiger charge is -2.33. The number of nitrogens with zero attached hydrogens (tertiary/aromatic N) is 1. The Morgan fingerprint density at radius 2 is 2.20 bits per heavy atom. The van der Waals surface area contributed by atoms with Crippen molar-refractivity contribution in [2.75, 3.05) is 13.2 Å². The van der Waals surface area contributed by atoms with Gasteiger partial charge in [-0.2, -0.15) is 0 Å². The number of piperidine rings is 1. The van der Waals surface area contributed by atoms with Crippen LogP contribution in [0.1, 0.15) is 43.7 Å². The molecule has 0 bridgehead atoms. The quantitative estimate of drug-likeness (QED) is 0.857. The van der Waals surface area contributed by atoms with Gasteiger partial charge in [0, 0.05) is 24.6 Å². The zero-order valence-corrected chi connectivity index (χ0v) is 12.0. The van der Waals surface area contributed by atoms with Crippen molar-refractivity contribution in [3.63, 3.8) is 0 Å². The van der Waals surface area contributed by atoms with Crippen molar-refractivity contribution in [3.8, 4) is 11.8 Å². The van der Waals surface area contributed by atoms with Crippen LogP contribution in [0.2, 0.25) is 0 Å². The predicted molar refractivity (Wildman–Crippen MR) is 78.7 cm³/mol. The molecule has 1 aromatic rings. The van der Waals surface area contributed by atoms with E-state index in [4.69, 9.17) is 5.11 Å². The molecule has 2 nitrogen and oxygen atoms in total. The molecule has 0 radical (unpaired) electrons. The summed E-state index contributed by atoms with van der Waals surface area (Å²) < 4.78 is 13.7. The average molecular weight is 275 g/mol. The zero-order chi connectivity index (χ0) is 14.4. The molecule has 20 heavy (non-hydrogen) atoms. The van der Waals surface area contributed by atoms with Gasteiger partial charge in [-0.3, -0.25) is 4.90 Å². The first-order valence-electron chi connectivity index (χ1n) is 7.32. The monoisotopic (exact) mass is 275 g/mol. The molecule has 0 spiro atoms. The van der Waals surface area contributed by atoms with Gasteiger partial charge >= 0.3 is 0 Å². The molecular formula is C17H22FNO. The lowest BCUT2D eigenvalue weighted by molar-refractivity contribution is 0.152. The van der Waals surface area contributed by atoms with Crippen LogP contribution in [0.25, 0.3) is 0 Å². The Balaban J connectivity index is 2.09. The lowest BCUT2D eigenvalue weighted by Crippen LogP contribution is -2.36. The molecule has 108 valence electrons. The Kier molecular flexibility index (Phi) is 5.58. The maximum Gasteiger partial charge on any atom is 0.124 e. The van der Waals surface area contributed by atoms with Gasteiger partial charge in [0.2, 0.25) is 0 Å². The highest BCUT2D eigenvalue weighted by Crippen LogP contribution is 2.20. The Bertz CT molecular complexity index is 503. The summed E-state index contributed by atoms with van der Waals surface area (Å²) in [6.07, 6.45) is 4.16. The Morgan fingerprint density at radius 1 is 1.35 bits per heavy atom. The van der Waals surface area contributed by atoms with E-state index in [-0.39, 0.29) is 12.4 Å². The minimum absolute atomic E-state index is 0.0421. The van der Waals surface area contributed by atoms with Crippen molar-refractivity contribution < 1.29 is 9.50 Å². The van der Waals surface area contributed by atoms with Gasteiger partial charge in [0.25, 0.3) is 0 Å². The van der Waals surface area contributed by atoms with Crippen LogP contribution >= 0.6 is 0 Å². The first kappa shape index (κ1) is 15.0. The topological polar surface area (TPSA) is 23.5 Å². The zero-order valence-electron chi connectivity index (χ0n) is 12.0. The van der Waals surface area contributed by atoms with Crippen molar-refractivity contribution >= 4 is 0 Å². The highest BCUT2D eigenvalue weighted by atomic mass is 19.1. The molecular weight excluding hydrogens is 253 g/mol. The summed E-state index contributed by atoms with van der Waals surface area (Å²) in [4.78, 5) is 2.41. The van der Waals surface area contributed by atoms with Crippen molar-refractivity contribution in [2.45, 2.75) is 45.2 Å². The molecule has 1 N–H and O–H groups in total. The molecule has 1 aliphatic heterocycles.